The molecular formula is C17H25NO2. The summed E-state index contributed by atoms with van der Waals surface area (Å²) in [5, 5.41) is 11.8. The topological polar surface area (TPSA) is 49.3 Å². The van der Waals surface area contributed by atoms with Crippen LogP contribution in [-0.2, 0) is 17.6 Å². The van der Waals surface area contributed by atoms with Crippen molar-refractivity contribution in [2.24, 2.45) is 0 Å². The first-order valence-electron chi connectivity index (χ1n) is 7.72. The highest BCUT2D eigenvalue weighted by Crippen LogP contribution is 2.24. The summed E-state index contributed by atoms with van der Waals surface area (Å²) in [5.74, 6) is 0.0728. The molecule has 0 aliphatic heterocycles. The summed E-state index contributed by atoms with van der Waals surface area (Å²) < 4.78 is 0. The average molecular weight is 275 g/mol. The van der Waals surface area contributed by atoms with E-state index in [4.69, 9.17) is 5.11 Å². The maximum atomic E-state index is 11.8. The number of amides is 1. The van der Waals surface area contributed by atoms with Gasteiger partial charge < -0.3 is 10.4 Å². The van der Waals surface area contributed by atoms with Crippen LogP contribution in [0.4, 0.5) is 0 Å². The number of aryl methyl sites for hydroxylation is 2. The van der Waals surface area contributed by atoms with Crippen molar-refractivity contribution < 1.29 is 9.90 Å². The molecule has 0 fully saturated rings. The van der Waals surface area contributed by atoms with Crippen LogP contribution in [0, 0.1) is 0 Å². The molecule has 1 aromatic carbocycles. The zero-order valence-electron chi connectivity index (χ0n) is 12.3. The lowest BCUT2D eigenvalue weighted by Gasteiger charge is -2.20. The van der Waals surface area contributed by atoms with Crippen LogP contribution in [0.3, 0.4) is 0 Å². The molecule has 2 rings (SSSR count). The van der Waals surface area contributed by atoms with Gasteiger partial charge in [0.05, 0.1) is 6.04 Å². The maximum Gasteiger partial charge on any atom is 0.220 e. The van der Waals surface area contributed by atoms with Crippen molar-refractivity contribution in [3.8, 4) is 0 Å². The van der Waals surface area contributed by atoms with Crippen molar-refractivity contribution in [1.82, 2.24) is 5.32 Å². The van der Waals surface area contributed by atoms with Gasteiger partial charge in [-0.3, -0.25) is 4.79 Å². The predicted molar refractivity (Wildman–Crippen MR) is 80.6 cm³/mol. The molecule has 0 saturated heterocycles. The van der Waals surface area contributed by atoms with Crippen molar-refractivity contribution in [2.75, 3.05) is 6.61 Å². The monoisotopic (exact) mass is 275 g/mol. The predicted octanol–water partition coefficient (Wildman–Crippen LogP) is 2.91. The second kappa shape index (κ2) is 7.44. The third kappa shape index (κ3) is 4.07. The number of unbranched alkanes of at least 4 members (excludes halogenated alkanes) is 1. The minimum absolute atomic E-state index is 0.0591. The molecule has 3 nitrogen and oxygen atoms in total. The first kappa shape index (κ1) is 15.0. The third-order valence-corrected chi connectivity index (χ3v) is 4.06. The lowest BCUT2D eigenvalue weighted by atomic mass is 9.89. The number of carbonyl (C=O) groups is 1. The van der Waals surface area contributed by atoms with Crippen LogP contribution in [-0.4, -0.2) is 17.6 Å². The summed E-state index contributed by atoms with van der Waals surface area (Å²) in [6.07, 6.45) is 6.87. The molecule has 1 aliphatic rings. The summed E-state index contributed by atoms with van der Waals surface area (Å²) in [4.78, 5) is 11.8. The Bertz CT molecular complexity index is 456. The van der Waals surface area contributed by atoms with Crippen LogP contribution in [0.15, 0.2) is 18.2 Å². The van der Waals surface area contributed by atoms with E-state index in [1.54, 1.807) is 0 Å². The van der Waals surface area contributed by atoms with Crippen LogP contribution < -0.4 is 5.32 Å². The van der Waals surface area contributed by atoms with Gasteiger partial charge in [0.25, 0.3) is 0 Å². The third-order valence-electron chi connectivity index (χ3n) is 4.06. The van der Waals surface area contributed by atoms with Gasteiger partial charge in [-0.2, -0.15) is 0 Å². The zero-order valence-corrected chi connectivity index (χ0v) is 12.3. The summed E-state index contributed by atoms with van der Waals surface area (Å²) >= 11 is 0. The number of benzene rings is 1. The molecule has 1 aliphatic carbocycles. The summed E-state index contributed by atoms with van der Waals surface area (Å²) in [5.41, 5.74) is 4.12. The van der Waals surface area contributed by atoms with E-state index in [2.05, 4.69) is 23.5 Å². The summed E-state index contributed by atoms with van der Waals surface area (Å²) in [7, 11) is 0. The molecule has 110 valence electrons. The molecular weight excluding hydrogens is 250 g/mol. The van der Waals surface area contributed by atoms with Gasteiger partial charge in [0, 0.05) is 13.0 Å². The molecule has 2 N–H and O–H groups in total. The molecule has 1 atom stereocenters. The fourth-order valence-electron chi connectivity index (χ4n) is 2.82. The minimum Gasteiger partial charge on any atom is -0.396 e. The van der Waals surface area contributed by atoms with Gasteiger partial charge in [-0.25, -0.2) is 0 Å². The van der Waals surface area contributed by atoms with E-state index in [1.807, 2.05) is 6.92 Å². The first-order valence-corrected chi connectivity index (χ1v) is 7.72. The number of carbonyl (C=O) groups excluding carboxylic acids is 1. The molecule has 0 heterocycles. The fourth-order valence-corrected chi connectivity index (χ4v) is 2.82. The van der Waals surface area contributed by atoms with Crippen molar-refractivity contribution in [2.45, 2.75) is 57.9 Å². The number of hydrogen-bond acceptors (Lipinski definition) is 2. The van der Waals surface area contributed by atoms with E-state index in [0.29, 0.717) is 12.8 Å². The summed E-state index contributed by atoms with van der Waals surface area (Å²) in [6, 6.07) is 6.68. The Kier molecular flexibility index (Phi) is 5.60. The number of aliphatic hydroxyl groups excluding tert-OH is 1. The maximum absolute atomic E-state index is 11.8. The number of nitrogens with one attached hydrogen (secondary N) is 1. The van der Waals surface area contributed by atoms with E-state index in [9.17, 15) is 4.79 Å². The van der Waals surface area contributed by atoms with E-state index in [0.717, 1.165) is 6.42 Å². The van der Waals surface area contributed by atoms with Crippen LogP contribution >= 0.6 is 0 Å². The Hall–Kier alpha value is -1.35. The zero-order chi connectivity index (χ0) is 14.4. The number of fused-ring (bicyclic) bond motifs is 1. The Morgan fingerprint density at radius 3 is 2.75 bits per heavy atom. The van der Waals surface area contributed by atoms with Crippen LogP contribution in [0.25, 0.3) is 0 Å². The fraction of sp³-hybridized carbons (Fsp3) is 0.588. The number of hydrogen-bond donors (Lipinski definition) is 2. The second-order valence-electron chi connectivity index (χ2n) is 5.71. The lowest BCUT2D eigenvalue weighted by Crippen LogP contribution is -2.26. The van der Waals surface area contributed by atoms with Crippen LogP contribution in [0.5, 0.6) is 0 Å². The molecule has 3 heteroatoms. The molecule has 1 aromatic rings. The van der Waals surface area contributed by atoms with E-state index in [-0.39, 0.29) is 18.6 Å². The van der Waals surface area contributed by atoms with Gasteiger partial charge in [0.1, 0.15) is 0 Å². The smallest absolute Gasteiger partial charge is 0.220 e. The minimum atomic E-state index is 0.0591. The number of aliphatic hydroxyl groups is 1. The Morgan fingerprint density at radius 1 is 1.25 bits per heavy atom. The van der Waals surface area contributed by atoms with Crippen LogP contribution in [0.1, 0.15) is 61.8 Å². The highest BCUT2D eigenvalue weighted by molar-refractivity contribution is 5.76. The van der Waals surface area contributed by atoms with Crippen molar-refractivity contribution in [3.63, 3.8) is 0 Å². The normalized spacial score (nSPS) is 15.5. The largest absolute Gasteiger partial charge is 0.396 e. The SMILES string of the molecule is CC(NC(=O)CCCCO)c1ccc2c(c1)CCCC2. The van der Waals surface area contributed by atoms with E-state index in [1.165, 1.54) is 42.4 Å². The van der Waals surface area contributed by atoms with E-state index < -0.39 is 0 Å². The molecule has 1 unspecified atom stereocenters. The molecule has 0 bridgehead atoms. The lowest BCUT2D eigenvalue weighted by molar-refractivity contribution is -0.121. The Balaban J connectivity index is 1.91. The Labute approximate surface area is 121 Å². The average Bonchev–Trinajstić information content (AvgIpc) is 2.47. The molecule has 0 spiro atoms. The quantitative estimate of drug-likeness (QED) is 0.784. The van der Waals surface area contributed by atoms with Crippen molar-refractivity contribution in [3.05, 3.63) is 34.9 Å². The van der Waals surface area contributed by atoms with Crippen molar-refractivity contribution >= 4 is 5.91 Å². The first-order chi connectivity index (χ1) is 9.70. The van der Waals surface area contributed by atoms with E-state index >= 15 is 0 Å². The highest BCUT2D eigenvalue weighted by Gasteiger charge is 2.13. The molecule has 0 aromatic heterocycles. The highest BCUT2D eigenvalue weighted by atomic mass is 16.2. The molecule has 0 radical (unpaired) electrons. The molecule has 0 saturated carbocycles. The molecule has 1 amide bonds. The van der Waals surface area contributed by atoms with Gasteiger partial charge in [-0.15, -0.1) is 0 Å². The second-order valence-corrected chi connectivity index (χ2v) is 5.71. The van der Waals surface area contributed by atoms with Gasteiger partial charge in [0.2, 0.25) is 5.91 Å². The standard InChI is InChI=1S/C17H25NO2/c1-13(18-17(20)8-4-5-11-19)15-10-9-14-6-2-3-7-16(14)12-15/h9-10,12-13,19H,2-8,11H2,1H3,(H,18,20). The van der Waals surface area contributed by atoms with Gasteiger partial charge in [0.15, 0.2) is 0 Å². The van der Waals surface area contributed by atoms with Gasteiger partial charge in [-0.05, 0) is 62.1 Å². The van der Waals surface area contributed by atoms with Gasteiger partial charge >= 0.3 is 0 Å². The van der Waals surface area contributed by atoms with Gasteiger partial charge in [-0.1, -0.05) is 18.2 Å². The molecule has 20 heavy (non-hydrogen) atoms. The number of rotatable bonds is 6. The summed E-state index contributed by atoms with van der Waals surface area (Å²) in [6.45, 7) is 2.20. The van der Waals surface area contributed by atoms with Crippen molar-refractivity contribution in [1.29, 1.82) is 0 Å². The Morgan fingerprint density at radius 2 is 2.00 bits per heavy atom. The van der Waals surface area contributed by atoms with Crippen LogP contribution in [0.2, 0.25) is 0 Å².